The normalized spacial score (nSPS) is 6.96. The summed E-state index contributed by atoms with van der Waals surface area (Å²) in [5.41, 5.74) is 0. The van der Waals surface area contributed by atoms with Crippen LogP contribution in [-0.2, 0) is 28.0 Å². The van der Waals surface area contributed by atoms with E-state index in [1.807, 2.05) is 0 Å². The van der Waals surface area contributed by atoms with Crippen LogP contribution in [0.25, 0.3) is 0 Å². The van der Waals surface area contributed by atoms with E-state index < -0.39 is 0 Å². The Morgan fingerprint density at radius 1 is 0.435 bits per heavy atom. The van der Waals surface area contributed by atoms with Crippen molar-refractivity contribution in [3.8, 4) is 0 Å². The maximum atomic E-state index is 3.67. The summed E-state index contributed by atoms with van der Waals surface area (Å²) in [5, 5.41) is 0. The third-order valence-corrected chi connectivity index (χ3v) is 1.62. The molecule has 0 amide bonds. The van der Waals surface area contributed by atoms with Crippen molar-refractivity contribution in [1.29, 1.82) is 0 Å². The van der Waals surface area contributed by atoms with Gasteiger partial charge in [0.15, 0.2) is 0 Å². The zero-order valence-electron chi connectivity index (χ0n) is 12.2. The molecule has 23 heavy (non-hydrogen) atoms. The Bertz CT molecular complexity index is 366. The van der Waals surface area contributed by atoms with Crippen molar-refractivity contribution in [3.05, 3.63) is 74.9 Å². The molecule has 4 heterocycles. The van der Waals surface area contributed by atoms with Gasteiger partial charge in [-0.2, -0.15) is 0 Å². The van der Waals surface area contributed by atoms with Gasteiger partial charge in [-0.05, 0) is 0 Å². The molecule has 0 bridgehead atoms. The Hall–Kier alpha value is -2.72. The molecule has 10 nitrogen and oxygen atoms in total. The first-order valence-corrected chi connectivity index (χ1v) is 5.71. The largest absolute Gasteiger partial charge is 0.457 e. The molecule has 0 atom stereocenters. The second-order valence-electron chi connectivity index (χ2n) is 3.04. The van der Waals surface area contributed by atoms with E-state index in [2.05, 4.69) is 39.9 Å². The number of nitrogens with one attached hydrogen (secondary N) is 4. The molecule has 131 valence electrons. The first kappa shape index (κ1) is 25.2. The molecular formula is C12H22CuN8O2+2. The van der Waals surface area contributed by atoms with Gasteiger partial charge >= 0.3 is 0 Å². The summed E-state index contributed by atoms with van der Waals surface area (Å²) in [6.45, 7) is 0. The number of aromatic nitrogens is 8. The predicted molar refractivity (Wildman–Crippen MR) is 84.1 cm³/mol. The van der Waals surface area contributed by atoms with Crippen LogP contribution < -0.4 is 0 Å². The average Bonchev–Trinajstić information content (AvgIpc) is 3.40. The monoisotopic (exact) mass is 373 g/mol. The summed E-state index contributed by atoms with van der Waals surface area (Å²) in [5.74, 6) is 0. The summed E-state index contributed by atoms with van der Waals surface area (Å²) >= 11 is 0. The van der Waals surface area contributed by atoms with Gasteiger partial charge in [0.25, 0.3) is 0 Å². The molecule has 0 saturated carbocycles. The van der Waals surface area contributed by atoms with Crippen LogP contribution in [-0.4, -0.2) is 39.9 Å². The first-order valence-electron chi connectivity index (χ1n) is 5.71. The molecule has 0 aromatic carbocycles. The molecule has 0 spiro atoms. The minimum atomic E-state index is 0. The molecule has 0 aliphatic rings. The molecule has 4 aromatic heterocycles. The Kier molecular flexibility index (Phi) is 23.7. The van der Waals surface area contributed by atoms with Gasteiger partial charge in [0.05, 0.1) is 25.3 Å². The van der Waals surface area contributed by atoms with E-state index in [1.165, 1.54) is 0 Å². The van der Waals surface area contributed by atoms with Gasteiger partial charge in [0.1, 0.15) is 0 Å². The van der Waals surface area contributed by atoms with Crippen LogP contribution in [0.2, 0.25) is 0 Å². The standard InChI is InChI=1S/4C3H4N2.Cu.2H2O/c4*1-2-5-3-4-1;;;/h4*1-3H,(H,4,5);;2*1H2/p+2. The third kappa shape index (κ3) is 19.3. The first-order chi connectivity index (χ1) is 10.0. The van der Waals surface area contributed by atoms with Crippen molar-refractivity contribution >= 4 is 0 Å². The van der Waals surface area contributed by atoms with Gasteiger partial charge in [-0.25, -0.2) is 19.9 Å². The van der Waals surface area contributed by atoms with Crippen LogP contribution in [0.15, 0.2) is 74.9 Å². The minimum Gasteiger partial charge on any atom is -0.457 e. The van der Waals surface area contributed by atoms with Crippen LogP contribution in [0, 0.1) is 0 Å². The van der Waals surface area contributed by atoms with Gasteiger partial charge in [-0.1, -0.05) is 0 Å². The third-order valence-electron chi connectivity index (χ3n) is 1.62. The van der Waals surface area contributed by atoms with Crippen molar-refractivity contribution < 1.29 is 28.0 Å². The maximum absolute atomic E-state index is 3.67. The number of hydrogen-bond donors (Lipinski definition) is 4. The van der Waals surface area contributed by atoms with E-state index in [-0.39, 0.29) is 28.0 Å². The molecule has 0 aliphatic carbocycles. The summed E-state index contributed by atoms with van der Waals surface area (Å²) in [6, 6.07) is 0. The molecule has 0 unspecified atom stereocenters. The summed E-state index contributed by atoms with van der Waals surface area (Å²) < 4.78 is 0. The van der Waals surface area contributed by atoms with Crippen molar-refractivity contribution in [1.82, 2.24) is 39.9 Å². The Morgan fingerprint density at radius 2 is 0.652 bits per heavy atom. The Balaban J connectivity index is -0.000000222. The van der Waals surface area contributed by atoms with Crippen molar-refractivity contribution in [2.45, 2.75) is 0 Å². The minimum absolute atomic E-state index is 0. The van der Waals surface area contributed by atoms with E-state index in [1.54, 1.807) is 74.9 Å². The van der Waals surface area contributed by atoms with Crippen LogP contribution in [0.5, 0.6) is 0 Å². The van der Waals surface area contributed by atoms with Gasteiger partial charge < -0.3 is 30.9 Å². The Labute approximate surface area is 143 Å². The number of nitrogens with zero attached hydrogens (tertiary/aromatic N) is 4. The van der Waals surface area contributed by atoms with E-state index in [4.69, 9.17) is 0 Å². The fourth-order valence-electron chi connectivity index (χ4n) is 0.861. The molecule has 4 rings (SSSR count). The van der Waals surface area contributed by atoms with Gasteiger partial charge in [0, 0.05) is 66.6 Å². The number of imidazole rings is 4. The van der Waals surface area contributed by atoms with Gasteiger partial charge in [-0.15, -0.1) is 0 Å². The molecule has 0 saturated heterocycles. The van der Waals surface area contributed by atoms with Crippen LogP contribution in [0.4, 0.5) is 0 Å². The molecule has 1 radical (unpaired) electrons. The number of H-pyrrole nitrogens is 4. The number of hydrogen-bond acceptors (Lipinski definition) is 4. The predicted octanol–water partition coefficient (Wildman–Crippen LogP) is -0.207. The van der Waals surface area contributed by atoms with Crippen LogP contribution >= 0.6 is 0 Å². The molecule has 11 heteroatoms. The molecular weight excluding hydrogens is 352 g/mol. The second kappa shape index (κ2) is 21.6. The molecule has 0 fully saturated rings. The average molecular weight is 374 g/mol. The Morgan fingerprint density at radius 3 is 0.696 bits per heavy atom. The maximum Gasteiger partial charge on any atom is 0.0919 e. The smallest absolute Gasteiger partial charge is 0.0919 e. The fourth-order valence-corrected chi connectivity index (χ4v) is 0.861. The van der Waals surface area contributed by atoms with E-state index in [9.17, 15) is 0 Å². The molecule has 10 N–H and O–H groups in total. The summed E-state index contributed by atoms with van der Waals surface area (Å²) in [7, 11) is 0. The van der Waals surface area contributed by atoms with Crippen LogP contribution in [0.3, 0.4) is 0 Å². The van der Waals surface area contributed by atoms with Crippen molar-refractivity contribution in [2.75, 3.05) is 0 Å². The van der Waals surface area contributed by atoms with E-state index in [0.29, 0.717) is 0 Å². The van der Waals surface area contributed by atoms with E-state index in [0.717, 1.165) is 0 Å². The number of aromatic amines is 4. The van der Waals surface area contributed by atoms with E-state index >= 15 is 0 Å². The molecule has 0 aliphatic heterocycles. The fraction of sp³-hybridized carbons (Fsp3) is 0. The van der Waals surface area contributed by atoms with Crippen molar-refractivity contribution in [2.24, 2.45) is 0 Å². The molecule has 4 aromatic rings. The van der Waals surface area contributed by atoms with Gasteiger partial charge in [-0.3, -0.25) is 0 Å². The topological polar surface area (TPSA) is 181 Å². The van der Waals surface area contributed by atoms with Crippen molar-refractivity contribution in [3.63, 3.8) is 0 Å². The SMILES string of the molecule is [Cu].[OH3+].[OH3+].c1c[nH]cn1.c1c[nH]cn1.c1c[nH]cn1.c1c[nH]cn1. The van der Waals surface area contributed by atoms with Gasteiger partial charge in [0.2, 0.25) is 0 Å². The number of rotatable bonds is 0. The summed E-state index contributed by atoms with van der Waals surface area (Å²) in [6.07, 6.45) is 20.3. The zero-order valence-corrected chi connectivity index (χ0v) is 13.1. The zero-order chi connectivity index (χ0) is 14.1. The summed E-state index contributed by atoms with van der Waals surface area (Å²) in [4.78, 5) is 25.7. The quantitative estimate of drug-likeness (QED) is 0.246. The second-order valence-corrected chi connectivity index (χ2v) is 3.04. The van der Waals surface area contributed by atoms with Crippen LogP contribution in [0.1, 0.15) is 0 Å².